The molecule has 7 nitrogen and oxygen atoms in total. The lowest BCUT2D eigenvalue weighted by atomic mass is 9.93. The van der Waals surface area contributed by atoms with E-state index in [4.69, 9.17) is 21.1 Å². The number of aromatic nitrogens is 1. The third-order valence-corrected chi connectivity index (χ3v) is 8.26. The number of rotatable bonds is 4. The van der Waals surface area contributed by atoms with Crippen molar-refractivity contribution in [2.24, 2.45) is 0 Å². The van der Waals surface area contributed by atoms with Gasteiger partial charge in [-0.1, -0.05) is 11.6 Å². The summed E-state index contributed by atoms with van der Waals surface area (Å²) >= 11 is 6.00. The lowest BCUT2D eigenvalue weighted by Gasteiger charge is -2.30. The quantitative estimate of drug-likeness (QED) is 0.472. The minimum absolute atomic E-state index is 0.0112. The van der Waals surface area contributed by atoms with Crippen molar-refractivity contribution in [1.29, 1.82) is 0 Å². The number of ketones is 1. The predicted molar refractivity (Wildman–Crippen MR) is 123 cm³/mol. The summed E-state index contributed by atoms with van der Waals surface area (Å²) in [5, 5.41) is -0.390. The fourth-order valence-electron chi connectivity index (χ4n) is 4.37. The highest BCUT2D eigenvalue weighted by Crippen LogP contribution is 2.42. The Bertz CT molecular complexity index is 1400. The maximum Gasteiger partial charge on any atom is 0.417 e. The molecule has 1 aliphatic heterocycles. The van der Waals surface area contributed by atoms with E-state index in [-0.39, 0.29) is 56.7 Å². The number of hydrogen-bond donors (Lipinski definition) is 0. The van der Waals surface area contributed by atoms with Crippen LogP contribution in [0.3, 0.4) is 0 Å². The van der Waals surface area contributed by atoms with Crippen LogP contribution in [0.15, 0.2) is 35.1 Å². The fourth-order valence-corrected chi connectivity index (χ4v) is 6.48. The minimum atomic E-state index is -4.65. The van der Waals surface area contributed by atoms with E-state index in [2.05, 4.69) is 4.98 Å². The molecule has 0 fully saturated rings. The molecule has 2 aliphatic rings. The molecule has 1 atom stereocenters. The standard InChI is InChI=1S/C24H21ClF3NO6S/c1-12-8-17(23(31)34-16-5-3-4-15(30)10-16)13(2)20-19(6-7-36(32,33)21(12)20)35-22-18(25)9-14(11-29-22)24(26,27)28/h8-11,19H,3-7H2,1-2H3. The monoisotopic (exact) mass is 543 g/mol. The second kappa shape index (κ2) is 9.51. The molecule has 0 amide bonds. The lowest BCUT2D eigenvalue weighted by molar-refractivity contribution is -0.137. The van der Waals surface area contributed by atoms with Gasteiger partial charge in [-0.2, -0.15) is 13.2 Å². The summed E-state index contributed by atoms with van der Waals surface area (Å²) in [6, 6.07) is 2.08. The second-order valence-corrected chi connectivity index (χ2v) is 11.1. The molecule has 0 saturated heterocycles. The number of esters is 1. The van der Waals surface area contributed by atoms with Crippen molar-refractivity contribution in [2.75, 3.05) is 5.75 Å². The van der Waals surface area contributed by atoms with Crippen LogP contribution in [0.4, 0.5) is 13.2 Å². The van der Waals surface area contributed by atoms with Gasteiger partial charge >= 0.3 is 12.1 Å². The van der Waals surface area contributed by atoms with E-state index in [1.807, 2.05) is 0 Å². The van der Waals surface area contributed by atoms with Crippen molar-refractivity contribution in [2.45, 2.75) is 56.7 Å². The summed E-state index contributed by atoms with van der Waals surface area (Å²) in [6.45, 7) is 3.07. The maximum absolute atomic E-state index is 13.0. The fraction of sp³-hybridized carbons (Fsp3) is 0.375. The zero-order chi connectivity index (χ0) is 26.4. The van der Waals surface area contributed by atoms with E-state index in [1.54, 1.807) is 0 Å². The van der Waals surface area contributed by atoms with Gasteiger partial charge in [0.1, 0.15) is 16.9 Å². The molecule has 36 heavy (non-hydrogen) atoms. The molecular weight excluding hydrogens is 523 g/mol. The molecule has 12 heteroatoms. The van der Waals surface area contributed by atoms with Crippen LogP contribution < -0.4 is 4.74 Å². The first-order valence-electron chi connectivity index (χ1n) is 11.0. The summed E-state index contributed by atoms with van der Waals surface area (Å²) in [5.41, 5.74) is -0.211. The van der Waals surface area contributed by atoms with Crippen molar-refractivity contribution < 1.29 is 40.7 Å². The summed E-state index contributed by atoms with van der Waals surface area (Å²) in [5.74, 6) is -1.25. The number of carbonyl (C=O) groups is 2. The lowest BCUT2D eigenvalue weighted by Crippen LogP contribution is -2.27. The Labute approximate surface area is 210 Å². The van der Waals surface area contributed by atoms with Gasteiger partial charge in [-0.3, -0.25) is 4.79 Å². The molecule has 1 aliphatic carbocycles. The number of carbonyl (C=O) groups excluding carboxylic acids is 2. The highest BCUT2D eigenvalue weighted by molar-refractivity contribution is 7.91. The van der Waals surface area contributed by atoms with Crippen LogP contribution >= 0.6 is 11.6 Å². The summed E-state index contributed by atoms with van der Waals surface area (Å²) in [6.07, 6.45) is -2.45. The predicted octanol–water partition coefficient (Wildman–Crippen LogP) is 5.46. The van der Waals surface area contributed by atoms with E-state index >= 15 is 0 Å². The smallest absolute Gasteiger partial charge is 0.417 e. The van der Waals surface area contributed by atoms with Gasteiger partial charge in [-0.25, -0.2) is 18.2 Å². The molecule has 2 aromatic rings. The van der Waals surface area contributed by atoms with Crippen LogP contribution in [-0.4, -0.2) is 30.9 Å². The van der Waals surface area contributed by atoms with Crippen LogP contribution in [0.25, 0.3) is 0 Å². The van der Waals surface area contributed by atoms with Gasteiger partial charge in [0.2, 0.25) is 5.88 Å². The van der Waals surface area contributed by atoms with Crippen molar-refractivity contribution in [1.82, 2.24) is 4.98 Å². The number of ether oxygens (including phenoxy) is 2. The number of alkyl halides is 3. The summed E-state index contributed by atoms with van der Waals surface area (Å²) in [4.78, 5) is 28.3. The van der Waals surface area contributed by atoms with Crippen molar-refractivity contribution in [3.8, 4) is 5.88 Å². The number of nitrogens with zero attached hydrogens (tertiary/aromatic N) is 1. The average Bonchev–Trinajstić information content (AvgIpc) is 2.77. The van der Waals surface area contributed by atoms with Crippen molar-refractivity contribution in [3.63, 3.8) is 0 Å². The molecule has 2 heterocycles. The Hall–Kier alpha value is -2.92. The van der Waals surface area contributed by atoms with Gasteiger partial charge in [-0.05, 0) is 43.5 Å². The minimum Gasteiger partial charge on any atom is -0.468 e. The van der Waals surface area contributed by atoms with Gasteiger partial charge < -0.3 is 9.47 Å². The second-order valence-electron chi connectivity index (χ2n) is 8.65. The Kier molecular flexibility index (Phi) is 6.91. The Morgan fingerprint density at radius 1 is 1.19 bits per heavy atom. The summed E-state index contributed by atoms with van der Waals surface area (Å²) < 4.78 is 76.0. The maximum atomic E-state index is 13.0. The topological polar surface area (TPSA) is 99.6 Å². The van der Waals surface area contributed by atoms with E-state index in [0.717, 1.165) is 0 Å². The molecule has 1 aromatic heterocycles. The van der Waals surface area contributed by atoms with Gasteiger partial charge in [0.15, 0.2) is 15.6 Å². The molecule has 192 valence electrons. The molecule has 0 spiro atoms. The van der Waals surface area contributed by atoms with Crippen LogP contribution in [0.5, 0.6) is 5.88 Å². The van der Waals surface area contributed by atoms with Crippen LogP contribution in [0.1, 0.15) is 64.4 Å². The number of pyridine rings is 1. The molecule has 0 saturated carbocycles. The first-order chi connectivity index (χ1) is 16.8. The number of hydrogen-bond acceptors (Lipinski definition) is 7. The van der Waals surface area contributed by atoms with Gasteiger partial charge in [0, 0.05) is 37.1 Å². The highest BCUT2D eigenvalue weighted by atomic mass is 35.5. The van der Waals surface area contributed by atoms with Gasteiger partial charge in [0.05, 0.1) is 21.8 Å². The largest absolute Gasteiger partial charge is 0.468 e. The third-order valence-electron chi connectivity index (χ3n) is 6.05. The molecular formula is C24H21ClF3NO6S. The number of sulfone groups is 1. The SMILES string of the molecule is Cc1cc(C(=O)OC2=CC(=O)CCC2)c(C)c2c1S(=O)(=O)CCC2Oc1ncc(C(F)(F)F)cc1Cl. The molecule has 0 bridgehead atoms. The van der Waals surface area contributed by atoms with Crippen molar-refractivity contribution >= 4 is 33.2 Å². The normalized spacial score (nSPS) is 19.3. The number of benzene rings is 1. The van der Waals surface area contributed by atoms with E-state index in [1.165, 1.54) is 26.0 Å². The number of halogens is 4. The molecule has 1 unspecified atom stereocenters. The Morgan fingerprint density at radius 2 is 1.92 bits per heavy atom. The van der Waals surface area contributed by atoms with E-state index in [9.17, 15) is 31.2 Å². The molecule has 1 aromatic carbocycles. The first-order valence-corrected chi connectivity index (χ1v) is 13.0. The Balaban J connectivity index is 1.74. The van der Waals surface area contributed by atoms with Crippen LogP contribution in [-0.2, 0) is 25.5 Å². The zero-order valence-electron chi connectivity index (χ0n) is 19.2. The highest BCUT2D eigenvalue weighted by Gasteiger charge is 2.38. The van der Waals surface area contributed by atoms with Crippen LogP contribution in [0, 0.1) is 13.8 Å². The van der Waals surface area contributed by atoms with Crippen LogP contribution in [0.2, 0.25) is 5.02 Å². The third kappa shape index (κ3) is 5.12. The number of allylic oxidation sites excluding steroid dienone is 2. The average molecular weight is 544 g/mol. The molecule has 0 radical (unpaired) electrons. The summed E-state index contributed by atoms with van der Waals surface area (Å²) in [7, 11) is -3.72. The van der Waals surface area contributed by atoms with E-state index < -0.39 is 38.7 Å². The Morgan fingerprint density at radius 3 is 2.56 bits per heavy atom. The number of aryl methyl sites for hydroxylation is 1. The van der Waals surface area contributed by atoms with E-state index in [0.29, 0.717) is 31.5 Å². The molecule has 0 N–H and O–H groups in total. The number of fused-ring (bicyclic) bond motifs is 1. The van der Waals surface area contributed by atoms with Gasteiger partial charge in [0.25, 0.3) is 0 Å². The van der Waals surface area contributed by atoms with Crippen molar-refractivity contribution in [3.05, 3.63) is 63.0 Å². The van der Waals surface area contributed by atoms with Gasteiger partial charge in [-0.15, -0.1) is 0 Å². The molecule has 4 rings (SSSR count). The zero-order valence-corrected chi connectivity index (χ0v) is 20.8. The first kappa shape index (κ1) is 26.2.